The normalized spacial score (nSPS) is 17.6. The summed E-state index contributed by atoms with van der Waals surface area (Å²) in [5.41, 5.74) is 4.86. The first kappa shape index (κ1) is 22.3. The zero-order chi connectivity index (χ0) is 22.2. The Morgan fingerprint density at radius 1 is 0.875 bits per heavy atom. The van der Waals surface area contributed by atoms with E-state index in [9.17, 15) is 4.79 Å². The molecule has 1 amide bonds. The summed E-state index contributed by atoms with van der Waals surface area (Å²) in [6.07, 6.45) is 5.59. The predicted molar refractivity (Wildman–Crippen MR) is 131 cm³/mol. The van der Waals surface area contributed by atoms with Crippen LogP contribution >= 0.6 is 0 Å². The van der Waals surface area contributed by atoms with Gasteiger partial charge in [0.15, 0.2) is 5.96 Å². The van der Waals surface area contributed by atoms with Gasteiger partial charge < -0.3 is 15.5 Å². The predicted octanol–water partition coefficient (Wildman–Crippen LogP) is 3.66. The van der Waals surface area contributed by atoms with Gasteiger partial charge in [-0.1, -0.05) is 42.8 Å². The molecule has 4 rings (SSSR count). The van der Waals surface area contributed by atoms with E-state index in [0.29, 0.717) is 13.0 Å². The fourth-order valence-corrected chi connectivity index (χ4v) is 4.54. The van der Waals surface area contributed by atoms with E-state index in [1.54, 1.807) is 7.05 Å². The van der Waals surface area contributed by atoms with Gasteiger partial charge in [0.1, 0.15) is 0 Å². The molecule has 0 saturated carbocycles. The molecule has 0 atom stereocenters. The smallest absolute Gasteiger partial charge is 0.227 e. The van der Waals surface area contributed by atoms with Crippen molar-refractivity contribution in [2.45, 2.75) is 51.7 Å². The number of benzene rings is 2. The third-order valence-electron chi connectivity index (χ3n) is 6.41. The van der Waals surface area contributed by atoms with E-state index >= 15 is 0 Å². The topological polar surface area (TPSA) is 60.0 Å². The fourth-order valence-electron chi connectivity index (χ4n) is 4.54. The van der Waals surface area contributed by atoms with Gasteiger partial charge in [-0.15, -0.1) is 0 Å². The highest BCUT2D eigenvalue weighted by Gasteiger charge is 2.21. The molecule has 2 aliphatic rings. The summed E-state index contributed by atoms with van der Waals surface area (Å²) < 4.78 is 0. The van der Waals surface area contributed by atoms with Gasteiger partial charge in [-0.3, -0.25) is 14.7 Å². The molecule has 2 saturated heterocycles. The van der Waals surface area contributed by atoms with Gasteiger partial charge in [-0.05, 0) is 61.2 Å². The Bertz CT molecular complexity index is 918. The molecule has 2 heterocycles. The van der Waals surface area contributed by atoms with Gasteiger partial charge in [-0.2, -0.15) is 0 Å². The van der Waals surface area contributed by atoms with Gasteiger partial charge in [0.25, 0.3) is 0 Å². The Morgan fingerprint density at radius 2 is 1.59 bits per heavy atom. The third-order valence-corrected chi connectivity index (χ3v) is 6.41. The molecule has 6 nitrogen and oxygen atoms in total. The molecule has 0 spiro atoms. The van der Waals surface area contributed by atoms with E-state index in [0.717, 1.165) is 43.3 Å². The molecule has 0 radical (unpaired) electrons. The molecule has 0 aromatic heterocycles. The lowest BCUT2D eigenvalue weighted by Crippen LogP contribution is -2.36. The summed E-state index contributed by atoms with van der Waals surface area (Å²) in [6.45, 7) is 5.69. The molecule has 0 aliphatic carbocycles. The van der Waals surface area contributed by atoms with Crippen molar-refractivity contribution in [3.63, 3.8) is 0 Å². The number of nitrogens with zero attached hydrogens (tertiary/aromatic N) is 3. The van der Waals surface area contributed by atoms with Gasteiger partial charge in [0, 0.05) is 45.3 Å². The third kappa shape index (κ3) is 5.88. The highest BCUT2D eigenvalue weighted by atomic mass is 16.2. The summed E-state index contributed by atoms with van der Waals surface area (Å²) in [6, 6.07) is 16.9. The maximum atomic E-state index is 11.9. The monoisotopic (exact) mass is 433 g/mol. The average Bonchev–Trinajstić information content (AvgIpc) is 3.27. The standard InChI is InChI=1S/C26H35N5O/c1-27-26(28-18-21-11-13-24(14-12-21)31-17-7-10-25(31)32)29-19-22-8-3-4-9-23(22)20-30-15-5-2-6-16-30/h3-4,8-9,11-14H,2,5-7,10,15-20H2,1H3,(H2,27,28,29). The van der Waals surface area contributed by atoms with Crippen molar-refractivity contribution in [2.75, 3.05) is 31.6 Å². The second kappa shape index (κ2) is 11.1. The van der Waals surface area contributed by atoms with Crippen molar-refractivity contribution in [3.8, 4) is 0 Å². The lowest BCUT2D eigenvalue weighted by Gasteiger charge is -2.27. The van der Waals surface area contributed by atoms with Crippen LogP contribution in [0.25, 0.3) is 0 Å². The molecule has 0 unspecified atom stereocenters. The number of carbonyl (C=O) groups is 1. The van der Waals surface area contributed by atoms with Crippen molar-refractivity contribution in [2.24, 2.45) is 4.99 Å². The molecule has 170 valence electrons. The Balaban J connectivity index is 1.28. The minimum absolute atomic E-state index is 0.223. The number of carbonyl (C=O) groups excluding carboxylic acids is 1. The lowest BCUT2D eigenvalue weighted by molar-refractivity contribution is -0.117. The number of hydrogen-bond acceptors (Lipinski definition) is 3. The molecule has 2 N–H and O–H groups in total. The molecule has 2 aromatic rings. The van der Waals surface area contributed by atoms with Crippen molar-refractivity contribution in [1.29, 1.82) is 0 Å². The van der Waals surface area contributed by atoms with Gasteiger partial charge in [-0.25, -0.2) is 0 Å². The number of hydrogen-bond donors (Lipinski definition) is 2. The van der Waals surface area contributed by atoms with Crippen LogP contribution in [0.5, 0.6) is 0 Å². The van der Waals surface area contributed by atoms with Crippen molar-refractivity contribution < 1.29 is 4.79 Å². The molecule has 0 bridgehead atoms. The number of amides is 1. The van der Waals surface area contributed by atoms with E-state index in [2.05, 4.69) is 56.9 Å². The summed E-state index contributed by atoms with van der Waals surface area (Å²) in [5.74, 6) is 1.01. The largest absolute Gasteiger partial charge is 0.352 e. The van der Waals surface area contributed by atoms with Crippen LogP contribution < -0.4 is 15.5 Å². The van der Waals surface area contributed by atoms with Gasteiger partial charge in [0.05, 0.1) is 0 Å². The first-order valence-electron chi connectivity index (χ1n) is 11.9. The Morgan fingerprint density at radius 3 is 2.28 bits per heavy atom. The molecule has 32 heavy (non-hydrogen) atoms. The highest BCUT2D eigenvalue weighted by Crippen LogP contribution is 2.21. The van der Waals surface area contributed by atoms with Crippen molar-refractivity contribution in [3.05, 3.63) is 65.2 Å². The van der Waals surface area contributed by atoms with Crippen LogP contribution in [-0.4, -0.2) is 43.4 Å². The van der Waals surface area contributed by atoms with Crippen LogP contribution in [0, 0.1) is 0 Å². The minimum Gasteiger partial charge on any atom is -0.352 e. The molecule has 2 aliphatic heterocycles. The minimum atomic E-state index is 0.223. The summed E-state index contributed by atoms with van der Waals surface area (Å²) in [7, 11) is 1.80. The first-order valence-corrected chi connectivity index (χ1v) is 11.9. The molecule has 2 aromatic carbocycles. The van der Waals surface area contributed by atoms with E-state index < -0.39 is 0 Å². The number of nitrogens with one attached hydrogen (secondary N) is 2. The summed E-state index contributed by atoms with van der Waals surface area (Å²) in [5, 5.41) is 6.87. The zero-order valence-electron chi connectivity index (χ0n) is 19.1. The number of piperidine rings is 1. The maximum absolute atomic E-state index is 11.9. The van der Waals surface area contributed by atoms with Crippen LogP contribution in [0.4, 0.5) is 5.69 Å². The number of anilines is 1. The molecule has 6 heteroatoms. The zero-order valence-corrected chi connectivity index (χ0v) is 19.1. The lowest BCUT2D eigenvalue weighted by atomic mass is 10.0. The molecular formula is C26H35N5O. The maximum Gasteiger partial charge on any atom is 0.227 e. The number of rotatable bonds is 7. The van der Waals surface area contributed by atoms with Crippen LogP contribution in [0.2, 0.25) is 0 Å². The summed E-state index contributed by atoms with van der Waals surface area (Å²) >= 11 is 0. The Labute approximate surface area is 191 Å². The van der Waals surface area contributed by atoms with E-state index in [1.165, 1.54) is 43.5 Å². The second-order valence-electron chi connectivity index (χ2n) is 8.70. The second-order valence-corrected chi connectivity index (χ2v) is 8.70. The molecular weight excluding hydrogens is 398 g/mol. The fraction of sp³-hybridized carbons (Fsp3) is 0.462. The number of aliphatic imine (C=N–C) groups is 1. The number of guanidine groups is 1. The average molecular weight is 434 g/mol. The van der Waals surface area contributed by atoms with E-state index in [-0.39, 0.29) is 5.91 Å². The van der Waals surface area contributed by atoms with Crippen LogP contribution in [0.15, 0.2) is 53.5 Å². The Hall–Kier alpha value is -2.86. The van der Waals surface area contributed by atoms with Crippen LogP contribution in [0.3, 0.4) is 0 Å². The SMILES string of the molecule is CN=C(NCc1ccc(N2CCCC2=O)cc1)NCc1ccccc1CN1CCCCC1. The van der Waals surface area contributed by atoms with Crippen molar-refractivity contribution in [1.82, 2.24) is 15.5 Å². The van der Waals surface area contributed by atoms with Crippen LogP contribution in [-0.2, 0) is 24.4 Å². The quantitative estimate of drug-likeness (QED) is 0.517. The molecule has 2 fully saturated rings. The van der Waals surface area contributed by atoms with E-state index in [4.69, 9.17) is 0 Å². The highest BCUT2D eigenvalue weighted by molar-refractivity contribution is 5.95. The van der Waals surface area contributed by atoms with Crippen molar-refractivity contribution >= 4 is 17.6 Å². The summed E-state index contributed by atoms with van der Waals surface area (Å²) in [4.78, 5) is 20.7. The first-order chi connectivity index (χ1) is 15.7. The Kier molecular flexibility index (Phi) is 7.77. The van der Waals surface area contributed by atoms with Gasteiger partial charge >= 0.3 is 0 Å². The number of likely N-dealkylation sites (tertiary alicyclic amines) is 1. The van der Waals surface area contributed by atoms with E-state index in [1.807, 2.05) is 17.0 Å². The van der Waals surface area contributed by atoms with Gasteiger partial charge in [0.2, 0.25) is 5.91 Å². The van der Waals surface area contributed by atoms with Crippen LogP contribution in [0.1, 0.15) is 48.8 Å².